The summed E-state index contributed by atoms with van der Waals surface area (Å²) >= 11 is 7.17. The smallest absolute Gasteiger partial charge is 0.322 e. The van der Waals surface area contributed by atoms with Gasteiger partial charge >= 0.3 is 6.01 Å². The summed E-state index contributed by atoms with van der Waals surface area (Å²) in [5, 5.41) is 12.9. The number of amides is 1. The van der Waals surface area contributed by atoms with E-state index in [1.807, 2.05) is 6.92 Å². The lowest BCUT2D eigenvalue weighted by atomic mass is 10.4. The molecule has 26 heavy (non-hydrogen) atoms. The number of hydrogen-bond acceptors (Lipinski definition) is 8. The van der Waals surface area contributed by atoms with Crippen LogP contribution in [0.2, 0.25) is 5.02 Å². The number of anilines is 1. The van der Waals surface area contributed by atoms with E-state index < -0.39 is 15.7 Å². The summed E-state index contributed by atoms with van der Waals surface area (Å²) in [4.78, 5) is 16.3. The van der Waals surface area contributed by atoms with Gasteiger partial charge in [-0.1, -0.05) is 16.7 Å². The Balaban J connectivity index is 1.59. The number of nitrogens with one attached hydrogen (secondary N) is 1. The summed E-state index contributed by atoms with van der Waals surface area (Å²) in [6, 6.07) is 5.65. The molecule has 0 spiro atoms. The molecule has 0 aliphatic rings. The molecule has 2 heterocycles. The lowest BCUT2D eigenvalue weighted by Gasteiger charge is -2.04. The van der Waals surface area contributed by atoms with Crippen molar-refractivity contribution >= 4 is 44.7 Å². The van der Waals surface area contributed by atoms with Gasteiger partial charge in [-0.25, -0.2) is 13.4 Å². The van der Waals surface area contributed by atoms with Crippen LogP contribution < -0.4 is 5.32 Å². The molecule has 1 aromatic carbocycles. The summed E-state index contributed by atoms with van der Waals surface area (Å²) in [6.45, 7) is 1.84. The van der Waals surface area contributed by atoms with Gasteiger partial charge in [0.2, 0.25) is 5.91 Å². The van der Waals surface area contributed by atoms with E-state index in [4.69, 9.17) is 16.0 Å². The van der Waals surface area contributed by atoms with E-state index in [0.29, 0.717) is 10.7 Å². The third kappa shape index (κ3) is 4.45. The lowest BCUT2D eigenvalue weighted by molar-refractivity contribution is -0.115. The summed E-state index contributed by atoms with van der Waals surface area (Å²) in [5.41, 5.74) is 0.519. The Hall–Kier alpha value is -2.30. The van der Waals surface area contributed by atoms with Crippen LogP contribution in [0.5, 0.6) is 0 Å². The van der Waals surface area contributed by atoms with Crippen molar-refractivity contribution < 1.29 is 17.6 Å². The molecule has 0 bridgehead atoms. The number of aryl methyl sites for hydroxylation is 1. The first-order valence-electron chi connectivity index (χ1n) is 7.38. The van der Waals surface area contributed by atoms with Crippen LogP contribution in [0.15, 0.2) is 39.0 Å². The Morgan fingerprint density at radius 3 is 2.65 bits per heavy atom. The van der Waals surface area contributed by atoms with Gasteiger partial charge < -0.3 is 4.42 Å². The Labute approximate surface area is 158 Å². The minimum atomic E-state index is -3.59. The second-order valence-electron chi connectivity index (χ2n) is 5.24. The topological polar surface area (TPSA) is 115 Å². The third-order valence-corrected chi connectivity index (χ3v) is 6.04. The van der Waals surface area contributed by atoms with E-state index >= 15 is 0 Å². The van der Waals surface area contributed by atoms with Crippen molar-refractivity contribution in [1.29, 1.82) is 0 Å². The number of halogens is 1. The lowest BCUT2D eigenvalue weighted by Crippen LogP contribution is -2.17. The van der Waals surface area contributed by atoms with Gasteiger partial charge in [-0.2, -0.15) is 0 Å². The predicted octanol–water partition coefficient (Wildman–Crippen LogP) is 2.96. The van der Waals surface area contributed by atoms with E-state index in [9.17, 15) is 13.2 Å². The summed E-state index contributed by atoms with van der Waals surface area (Å²) in [7, 11) is -3.59. The van der Waals surface area contributed by atoms with Gasteiger partial charge in [0, 0.05) is 16.8 Å². The maximum atomic E-state index is 12.2. The van der Waals surface area contributed by atoms with E-state index in [0.717, 1.165) is 5.01 Å². The standard InChI is InChI=1S/C15H13ClN4O4S2/c1-9-17-12(8-25-9)14-19-20-15(24-14)18-13(21)6-7-26(22,23)11-4-2-10(16)3-5-11/h2-5,8H,6-7H2,1H3,(H,18,20,21). The number of sulfone groups is 1. The van der Waals surface area contributed by atoms with Crippen molar-refractivity contribution in [3.63, 3.8) is 0 Å². The van der Waals surface area contributed by atoms with Crippen molar-refractivity contribution in [1.82, 2.24) is 15.2 Å². The van der Waals surface area contributed by atoms with E-state index in [1.165, 1.54) is 35.6 Å². The van der Waals surface area contributed by atoms with Crippen LogP contribution in [-0.2, 0) is 14.6 Å². The normalized spacial score (nSPS) is 11.5. The van der Waals surface area contributed by atoms with Crippen molar-refractivity contribution in [2.45, 2.75) is 18.2 Å². The fraction of sp³-hybridized carbons (Fsp3) is 0.200. The summed E-state index contributed by atoms with van der Waals surface area (Å²) < 4.78 is 29.7. The quantitative estimate of drug-likeness (QED) is 0.661. The third-order valence-electron chi connectivity index (χ3n) is 3.28. The molecule has 1 N–H and O–H groups in total. The highest BCUT2D eigenvalue weighted by atomic mass is 35.5. The number of carbonyl (C=O) groups excluding carboxylic acids is 1. The average molecular weight is 413 g/mol. The van der Waals surface area contributed by atoms with Crippen LogP contribution in [-0.4, -0.2) is 35.3 Å². The van der Waals surface area contributed by atoms with Gasteiger partial charge in [0.05, 0.1) is 15.7 Å². The van der Waals surface area contributed by atoms with Gasteiger partial charge in [0.15, 0.2) is 9.84 Å². The minimum absolute atomic E-state index is 0.105. The number of nitrogens with zero attached hydrogens (tertiary/aromatic N) is 3. The first kappa shape index (κ1) is 18.5. The van der Waals surface area contributed by atoms with E-state index in [-0.39, 0.29) is 29.0 Å². The summed E-state index contributed by atoms with van der Waals surface area (Å²) in [5.74, 6) is -0.724. The number of rotatable bonds is 6. The Kier molecular flexibility index (Phi) is 5.35. The molecular formula is C15H13ClN4O4S2. The number of carbonyl (C=O) groups is 1. The molecule has 1 amide bonds. The molecule has 0 aliphatic carbocycles. The predicted molar refractivity (Wildman–Crippen MR) is 96.9 cm³/mol. The second kappa shape index (κ2) is 7.52. The van der Waals surface area contributed by atoms with Gasteiger partial charge in [0.1, 0.15) is 5.69 Å². The van der Waals surface area contributed by atoms with Gasteiger partial charge in [0.25, 0.3) is 5.89 Å². The van der Waals surface area contributed by atoms with Gasteiger partial charge in [-0.3, -0.25) is 10.1 Å². The van der Waals surface area contributed by atoms with Crippen LogP contribution in [0.3, 0.4) is 0 Å². The molecule has 8 nitrogen and oxygen atoms in total. The molecule has 0 atom stereocenters. The first-order chi connectivity index (χ1) is 12.3. The van der Waals surface area contributed by atoms with Crippen LogP contribution in [0.4, 0.5) is 6.01 Å². The highest BCUT2D eigenvalue weighted by Crippen LogP contribution is 2.22. The number of aromatic nitrogens is 3. The summed E-state index contributed by atoms with van der Waals surface area (Å²) in [6.07, 6.45) is -0.252. The van der Waals surface area contributed by atoms with Crippen molar-refractivity contribution in [2.75, 3.05) is 11.1 Å². The van der Waals surface area contributed by atoms with Crippen molar-refractivity contribution in [2.24, 2.45) is 0 Å². The molecule has 0 unspecified atom stereocenters. The molecular weight excluding hydrogens is 400 g/mol. The molecule has 0 radical (unpaired) electrons. The molecule has 3 aromatic rings. The molecule has 0 saturated heterocycles. The van der Waals surface area contributed by atoms with Crippen LogP contribution >= 0.6 is 22.9 Å². The highest BCUT2D eigenvalue weighted by molar-refractivity contribution is 7.91. The van der Waals surface area contributed by atoms with Crippen LogP contribution in [0, 0.1) is 6.92 Å². The number of thiazole rings is 1. The van der Waals surface area contributed by atoms with E-state index in [1.54, 1.807) is 5.38 Å². The molecule has 3 rings (SSSR count). The largest absolute Gasteiger partial charge is 0.401 e. The van der Waals surface area contributed by atoms with Gasteiger partial charge in [-0.15, -0.1) is 16.4 Å². The Morgan fingerprint density at radius 2 is 2.00 bits per heavy atom. The zero-order valence-corrected chi connectivity index (χ0v) is 15.9. The molecule has 2 aromatic heterocycles. The molecule has 136 valence electrons. The maximum absolute atomic E-state index is 12.2. The number of benzene rings is 1. The fourth-order valence-electron chi connectivity index (χ4n) is 2.01. The average Bonchev–Trinajstić information content (AvgIpc) is 3.22. The SMILES string of the molecule is Cc1nc(-c2nnc(NC(=O)CCS(=O)(=O)c3ccc(Cl)cc3)o2)cs1. The molecule has 0 aliphatic heterocycles. The Bertz CT molecular complexity index is 1030. The fourth-order valence-corrected chi connectivity index (χ4v) is 3.96. The van der Waals surface area contributed by atoms with Crippen molar-refractivity contribution in [3.8, 4) is 11.6 Å². The minimum Gasteiger partial charge on any atom is -0.401 e. The maximum Gasteiger partial charge on any atom is 0.322 e. The number of hydrogen-bond donors (Lipinski definition) is 1. The Morgan fingerprint density at radius 1 is 1.27 bits per heavy atom. The van der Waals surface area contributed by atoms with Gasteiger partial charge in [-0.05, 0) is 31.2 Å². The van der Waals surface area contributed by atoms with Crippen LogP contribution in [0.1, 0.15) is 11.4 Å². The van der Waals surface area contributed by atoms with E-state index in [2.05, 4.69) is 20.5 Å². The highest BCUT2D eigenvalue weighted by Gasteiger charge is 2.18. The monoisotopic (exact) mass is 412 g/mol. The molecule has 0 saturated carbocycles. The zero-order chi connectivity index (χ0) is 18.7. The second-order valence-corrected chi connectivity index (χ2v) is 8.84. The zero-order valence-electron chi connectivity index (χ0n) is 13.5. The molecule has 0 fully saturated rings. The first-order valence-corrected chi connectivity index (χ1v) is 10.3. The molecule has 11 heteroatoms. The van der Waals surface area contributed by atoms with Crippen LogP contribution in [0.25, 0.3) is 11.6 Å². The van der Waals surface area contributed by atoms with Crippen molar-refractivity contribution in [3.05, 3.63) is 39.7 Å².